The minimum absolute atomic E-state index is 0.869. The number of hydrogen-bond donors (Lipinski definition) is 0. The van der Waals surface area contributed by atoms with Crippen LogP contribution in [0.1, 0.15) is 39.0 Å². The van der Waals surface area contributed by atoms with E-state index >= 15 is 0 Å². The zero-order valence-electron chi connectivity index (χ0n) is 6.84. The van der Waals surface area contributed by atoms with Crippen LogP contribution in [0.15, 0.2) is 12.2 Å². The molecule has 0 aromatic rings. The van der Waals surface area contributed by atoms with E-state index < -0.39 is 0 Å². The van der Waals surface area contributed by atoms with Crippen molar-refractivity contribution in [3.05, 3.63) is 18.6 Å². The summed E-state index contributed by atoms with van der Waals surface area (Å²) in [5.41, 5.74) is 0. The molecule has 1 atom stereocenters. The largest absolute Gasteiger partial charge is 0.0885 e. The van der Waals surface area contributed by atoms with Crippen LogP contribution in [0.5, 0.6) is 0 Å². The third-order valence-electron chi connectivity index (χ3n) is 2.10. The fourth-order valence-electron chi connectivity index (χ4n) is 1.48. The predicted molar refractivity (Wildman–Crippen MR) is 45.7 cm³/mol. The topological polar surface area (TPSA) is 0 Å². The van der Waals surface area contributed by atoms with Crippen molar-refractivity contribution in [1.82, 2.24) is 0 Å². The van der Waals surface area contributed by atoms with Crippen molar-refractivity contribution in [1.29, 1.82) is 0 Å². The lowest BCUT2D eigenvalue weighted by Gasteiger charge is -2.17. The van der Waals surface area contributed by atoms with Gasteiger partial charge in [-0.25, -0.2) is 0 Å². The summed E-state index contributed by atoms with van der Waals surface area (Å²) in [5.74, 6) is 0.869. The summed E-state index contributed by atoms with van der Waals surface area (Å²) in [6.07, 6.45) is 13.8. The van der Waals surface area contributed by atoms with Gasteiger partial charge in [-0.1, -0.05) is 31.9 Å². The first kappa shape index (κ1) is 7.84. The highest BCUT2D eigenvalue weighted by Crippen LogP contribution is 2.23. The SMILES string of the molecule is CC/C=C/C1C[CH]CCC1. The molecule has 0 nitrogen and oxygen atoms in total. The van der Waals surface area contributed by atoms with Crippen molar-refractivity contribution in [3.63, 3.8) is 0 Å². The Bertz CT molecular complexity index is 96.6. The van der Waals surface area contributed by atoms with E-state index in [4.69, 9.17) is 0 Å². The molecule has 0 heterocycles. The zero-order chi connectivity index (χ0) is 7.23. The third kappa shape index (κ3) is 2.55. The van der Waals surface area contributed by atoms with E-state index in [0.717, 1.165) is 5.92 Å². The molecule has 1 unspecified atom stereocenters. The van der Waals surface area contributed by atoms with Crippen LogP contribution >= 0.6 is 0 Å². The molecule has 0 heteroatoms. The molecule has 0 N–H and O–H groups in total. The Morgan fingerprint density at radius 2 is 2.50 bits per heavy atom. The van der Waals surface area contributed by atoms with E-state index in [2.05, 4.69) is 25.5 Å². The quantitative estimate of drug-likeness (QED) is 0.512. The Morgan fingerprint density at radius 1 is 1.60 bits per heavy atom. The smallest absolute Gasteiger partial charge is 0.0231 e. The van der Waals surface area contributed by atoms with Gasteiger partial charge in [-0.2, -0.15) is 0 Å². The van der Waals surface area contributed by atoms with Gasteiger partial charge in [-0.3, -0.25) is 0 Å². The van der Waals surface area contributed by atoms with Crippen LogP contribution in [0.3, 0.4) is 0 Å². The van der Waals surface area contributed by atoms with Crippen LogP contribution in [-0.2, 0) is 0 Å². The van der Waals surface area contributed by atoms with Gasteiger partial charge in [0.25, 0.3) is 0 Å². The standard InChI is InChI=1S/C10H17/c1-2-3-7-10-8-5-4-6-9-10/h3,5,7,10H,2,4,6,8-9H2,1H3/b7-3+. The second kappa shape index (κ2) is 4.54. The summed E-state index contributed by atoms with van der Waals surface area (Å²) < 4.78 is 0. The lowest BCUT2D eigenvalue weighted by Crippen LogP contribution is -2.02. The molecule has 0 aliphatic heterocycles. The van der Waals surface area contributed by atoms with Crippen molar-refractivity contribution in [2.24, 2.45) is 5.92 Å². The highest BCUT2D eigenvalue weighted by molar-refractivity contribution is 4.92. The Hall–Kier alpha value is -0.260. The van der Waals surface area contributed by atoms with E-state index in [0.29, 0.717) is 0 Å². The normalized spacial score (nSPS) is 22.1. The number of allylic oxidation sites excluding steroid dienone is 2. The highest BCUT2D eigenvalue weighted by Gasteiger charge is 2.08. The third-order valence-corrected chi connectivity index (χ3v) is 2.10. The van der Waals surface area contributed by atoms with Crippen LogP contribution < -0.4 is 0 Å². The second-order valence-electron chi connectivity index (χ2n) is 3.05. The monoisotopic (exact) mass is 137 g/mol. The van der Waals surface area contributed by atoms with E-state index in [9.17, 15) is 0 Å². The summed E-state index contributed by atoms with van der Waals surface area (Å²) in [4.78, 5) is 0. The van der Waals surface area contributed by atoms with Gasteiger partial charge in [0.05, 0.1) is 0 Å². The number of rotatable bonds is 2. The summed E-state index contributed by atoms with van der Waals surface area (Å²) in [5, 5.41) is 0. The van der Waals surface area contributed by atoms with Crippen LogP contribution in [0, 0.1) is 12.3 Å². The van der Waals surface area contributed by atoms with Crippen molar-refractivity contribution in [3.8, 4) is 0 Å². The molecule has 1 radical (unpaired) electrons. The van der Waals surface area contributed by atoms with Gasteiger partial charge in [-0.15, -0.1) is 0 Å². The first-order chi connectivity index (χ1) is 4.93. The van der Waals surface area contributed by atoms with E-state index in [1.165, 1.54) is 32.1 Å². The minimum Gasteiger partial charge on any atom is -0.0885 e. The summed E-state index contributed by atoms with van der Waals surface area (Å²) in [7, 11) is 0. The van der Waals surface area contributed by atoms with E-state index in [-0.39, 0.29) is 0 Å². The maximum Gasteiger partial charge on any atom is -0.0231 e. The van der Waals surface area contributed by atoms with Crippen molar-refractivity contribution < 1.29 is 0 Å². The lowest BCUT2D eigenvalue weighted by molar-refractivity contribution is 0.489. The average Bonchev–Trinajstić information content (AvgIpc) is 2.03. The molecular weight excluding hydrogens is 120 g/mol. The fraction of sp³-hybridized carbons (Fsp3) is 0.700. The first-order valence-corrected chi connectivity index (χ1v) is 4.42. The number of hydrogen-bond acceptors (Lipinski definition) is 0. The molecule has 0 aromatic heterocycles. The van der Waals surface area contributed by atoms with Gasteiger partial charge >= 0.3 is 0 Å². The van der Waals surface area contributed by atoms with Crippen LogP contribution in [0.2, 0.25) is 0 Å². The summed E-state index contributed by atoms with van der Waals surface area (Å²) in [6, 6.07) is 0. The Balaban J connectivity index is 2.19. The van der Waals surface area contributed by atoms with Gasteiger partial charge in [0.15, 0.2) is 0 Å². The average molecular weight is 137 g/mol. The van der Waals surface area contributed by atoms with Crippen molar-refractivity contribution >= 4 is 0 Å². The van der Waals surface area contributed by atoms with Crippen molar-refractivity contribution in [2.45, 2.75) is 39.0 Å². The molecule has 57 valence electrons. The van der Waals surface area contributed by atoms with Gasteiger partial charge < -0.3 is 0 Å². The highest BCUT2D eigenvalue weighted by atomic mass is 14.1. The van der Waals surface area contributed by atoms with E-state index in [1.807, 2.05) is 0 Å². The van der Waals surface area contributed by atoms with Gasteiger partial charge in [0.2, 0.25) is 0 Å². The maximum absolute atomic E-state index is 2.42. The first-order valence-electron chi connectivity index (χ1n) is 4.42. The molecule has 1 fully saturated rings. The van der Waals surface area contributed by atoms with E-state index in [1.54, 1.807) is 0 Å². The summed E-state index contributed by atoms with van der Waals surface area (Å²) in [6.45, 7) is 2.20. The lowest BCUT2D eigenvalue weighted by atomic mass is 9.89. The van der Waals surface area contributed by atoms with Crippen molar-refractivity contribution in [2.75, 3.05) is 0 Å². The molecular formula is C10H17. The molecule has 1 rings (SSSR count). The Morgan fingerprint density at radius 3 is 3.10 bits per heavy atom. The molecule has 0 amide bonds. The molecule has 0 bridgehead atoms. The van der Waals surface area contributed by atoms with Crippen LogP contribution in [-0.4, -0.2) is 0 Å². The Labute approximate surface area is 64.3 Å². The maximum atomic E-state index is 2.42. The zero-order valence-corrected chi connectivity index (χ0v) is 6.84. The van der Waals surface area contributed by atoms with Gasteiger partial charge in [0, 0.05) is 0 Å². The second-order valence-corrected chi connectivity index (χ2v) is 3.05. The fourth-order valence-corrected chi connectivity index (χ4v) is 1.48. The van der Waals surface area contributed by atoms with Crippen LogP contribution in [0.4, 0.5) is 0 Å². The Kier molecular flexibility index (Phi) is 3.56. The predicted octanol–water partition coefficient (Wildman–Crippen LogP) is 3.35. The molecule has 1 aliphatic carbocycles. The minimum atomic E-state index is 0.869. The molecule has 1 saturated carbocycles. The van der Waals surface area contributed by atoms with Crippen LogP contribution in [0.25, 0.3) is 0 Å². The summed E-state index contributed by atoms with van der Waals surface area (Å²) >= 11 is 0. The molecule has 0 aromatic carbocycles. The molecule has 10 heavy (non-hydrogen) atoms. The molecule has 1 aliphatic rings. The molecule has 0 saturated heterocycles. The molecule has 0 spiro atoms. The van der Waals surface area contributed by atoms with Gasteiger partial charge in [-0.05, 0) is 31.6 Å². The van der Waals surface area contributed by atoms with Gasteiger partial charge in [0.1, 0.15) is 0 Å².